The van der Waals surface area contributed by atoms with Crippen LogP contribution in [0.3, 0.4) is 0 Å². The molecule has 1 aromatic heterocycles. The van der Waals surface area contributed by atoms with E-state index in [1.54, 1.807) is 30.3 Å². The molecule has 3 aromatic rings. The molecule has 34 heavy (non-hydrogen) atoms. The van der Waals surface area contributed by atoms with Crippen LogP contribution in [-0.4, -0.2) is 35.3 Å². The van der Waals surface area contributed by atoms with E-state index < -0.39 is 23.7 Å². The first-order valence-corrected chi connectivity index (χ1v) is 10.4. The molecular weight excluding hydrogens is 462 g/mol. The third-order valence-electron chi connectivity index (χ3n) is 4.47. The Bertz CT molecular complexity index is 1220. The molecule has 0 atom stereocenters. The summed E-state index contributed by atoms with van der Waals surface area (Å²) < 4.78 is 5.08. The quantitative estimate of drug-likeness (QED) is 0.345. The van der Waals surface area contributed by atoms with Gasteiger partial charge in [0.1, 0.15) is 5.70 Å². The zero-order valence-corrected chi connectivity index (χ0v) is 18.5. The van der Waals surface area contributed by atoms with Crippen LogP contribution in [0.1, 0.15) is 32.9 Å². The number of furan rings is 1. The second kappa shape index (κ2) is 11.5. The molecule has 0 radical (unpaired) electrons. The highest BCUT2D eigenvalue weighted by Crippen LogP contribution is 2.19. The lowest BCUT2D eigenvalue weighted by molar-refractivity contribution is -0.136. The van der Waals surface area contributed by atoms with Crippen LogP contribution in [0.25, 0.3) is 6.08 Å². The molecule has 4 N–H and O–H groups in total. The van der Waals surface area contributed by atoms with Gasteiger partial charge in [-0.25, -0.2) is 0 Å². The molecule has 0 aliphatic rings. The van der Waals surface area contributed by atoms with Gasteiger partial charge in [0, 0.05) is 22.8 Å². The Morgan fingerprint density at radius 2 is 1.68 bits per heavy atom. The lowest BCUT2D eigenvalue weighted by Crippen LogP contribution is -2.30. The number of hydrogen-bond acceptors (Lipinski definition) is 5. The van der Waals surface area contributed by atoms with E-state index in [0.29, 0.717) is 21.8 Å². The maximum absolute atomic E-state index is 13.0. The van der Waals surface area contributed by atoms with Gasteiger partial charge in [-0.15, -0.1) is 0 Å². The monoisotopic (exact) mass is 481 g/mol. The number of carboxylic acids is 1. The van der Waals surface area contributed by atoms with Gasteiger partial charge in [0.05, 0.1) is 12.7 Å². The highest BCUT2D eigenvalue weighted by Gasteiger charge is 2.17. The number of nitrogens with one attached hydrogen (secondary N) is 3. The van der Waals surface area contributed by atoms with Crippen LogP contribution >= 0.6 is 11.6 Å². The number of aliphatic carboxylic acids is 1. The molecule has 0 spiro atoms. The predicted octanol–water partition coefficient (Wildman–Crippen LogP) is 3.55. The average Bonchev–Trinajstić information content (AvgIpc) is 3.35. The molecule has 0 fully saturated rings. The molecule has 174 valence electrons. The second-order valence-electron chi connectivity index (χ2n) is 6.94. The number of carbonyl (C=O) groups excluding carboxylic acids is 3. The van der Waals surface area contributed by atoms with Gasteiger partial charge < -0.3 is 25.5 Å². The molecule has 10 heteroatoms. The fourth-order valence-electron chi connectivity index (χ4n) is 2.79. The van der Waals surface area contributed by atoms with E-state index in [-0.39, 0.29) is 24.4 Å². The fourth-order valence-corrected chi connectivity index (χ4v) is 2.98. The zero-order chi connectivity index (χ0) is 24.5. The molecule has 0 saturated carbocycles. The van der Waals surface area contributed by atoms with E-state index in [9.17, 15) is 19.2 Å². The number of amides is 3. The first kappa shape index (κ1) is 24.3. The van der Waals surface area contributed by atoms with Crippen molar-refractivity contribution in [2.75, 3.05) is 11.9 Å². The van der Waals surface area contributed by atoms with Crippen LogP contribution in [0.5, 0.6) is 0 Å². The Kier molecular flexibility index (Phi) is 8.20. The van der Waals surface area contributed by atoms with Crippen molar-refractivity contribution in [3.63, 3.8) is 0 Å². The molecule has 0 saturated heterocycles. The summed E-state index contributed by atoms with van der Waals surface area (Å²) in [5.41, 5.74) is 1.10. The number of carbonyl (C=O) groups is 4. The largest absolute Gasteiger partial charge is 0.481 e. The first-order chi connectivity index (χ1) is 16.3. The van der Waals surface area contributed by atoms with Crippen LogP contribution in [0.4, 0.5) is 5.69 Å². The van der Waals surface area contributed by atoms with Crippen molar-refractivity contribution in [3.05, 3.63) is 94.5 Å². The minimum absolute atomic E-state index is 0.00176. The smallest absolute Gasteiger partial charge is 0.305 e. The van der Waals surface area contributed by atoms with Crippen LogP contribution in [0.15, 0.2) is 77.0 Å². The molecular formula is C24H20ClN3O6. The molecule has 9 nitrogen and oxygen atoms in total. The lowest BCUT2D eigenvalue weighted by Gasteiger charge is -2.11. The van der Waals surface area contributed by atoms with Crippen molar-refractivity contribution < 1.29 is 28.7 Å². The van der Waals surface area contributed by atoms with Crippen molar-refractivity contribution in [1.29, 1.82) is 0 Å². The minimum atomic E-state index is -1.02. The van der Waals surface area contributed by atoms with Gasteiger partial charge in [-0.3, -0.25) is 19.2 Å². The fraction of sp³-hybridized carbons (Fsp3) is 0.0833. The molecule has 0 unspecified atom stereocenters. The van der Waals surface area contributed by atoms with Gasteiger partial charge in [-0.1, -0.05) is 29.8 Å². The van der Waals surface area contributed by atoms with Crippen LogP contribution in [0.2, 0.25) is 5.02 Å². The highest BCUT2D eigenvalue weighted by molar-refractivity contribution is 6.32. The van der Waals surface area contributed by atoms with E-state index in [1.807, 2.05) is 0 Å². The molecule has 0 aliphatic carbocycles. The molecule has 0 aliphatic heterocycles. The summed E-state index contributed by atoms with van der Waals surface area (Å²) in [5.74, 6) is -2.68. The number of halogens is 1. The SMILES string of the molecule is O=C(O)CCNC(=O)c1ccc(NC(=O)/C(=C/c2ccccc2Cl)NC(=O)c2ccco2)cc1. The maximum atomic E-state index is 13.0. The molecule has 3 rings (SSSR count). The predicted molar refractivity (Wildman–Crippen MR) is 125 cm³/mol. The van der Waals surface area contributed by atoms with Crippen molar-refractivity contribution in [2.24, 2.45) is 0 Å². The first-order valence-electron chi connectivity index (χ1n) is 10.1. The number of carboxylic acid groups (broad SMARTS) is 1. The number of rotatable bonds is 9. The van der Waals surface area contributed by atoms with Crippen LogP contribution < -0.4 is 16.0 Å². The van der Waals surface area contributed by atoms with E-state index in [1.165, 1.54) is 42.7 Å². The third kappa shape index (κ3) is 6.81. The highest BCUT2D eigenvalue weighted by atomic mass is 35.5. The lowest BCUT2D eigenvalue weighted by atomic mass is 10.1. The summed E-state index contributed by atoms with van der Waals surface area (Å²) in [4.78, 5) is 48.0. The summed E-state index contributed by atoms with van der Waals surface area (Å²) in [5, 5.41) is 16.7. The van der Waals surface area contributed by atoms with Gasteiger partial charge in [-0.2, -0.15) is 0 Å². The van der Waals surface area contributed by atoms with Gasteiger partial charge in [-0.05, 0) is 54.1 Å². The minimum Gasteiger partial charge on any atom is -0.481 e. The standard InChI is InChI=1S/C24H20ClN3O6/c25-18-5-2-1-4-16(18)14-19(28-24(33)20-6-3-13-34-20)23(32)27-17-9-7-15(8-10-17)22(31)26-12-11-21(29)30/h1-10,13-14H,11-12H2,(H,26,31)(H,27,32)(H,28,33)(H,29,30)/b19-14-. The van der Waals surface area contributed by atoms with Gasteiger partial charge in [0.2, 0.25) is 0 Å². The summed E-state index contributed by atoms with van der Waals surface area (Å²) in [6, 6.07) is 15.8. The number of hydrogen-bond donors (Lipinski definition) is 4. The van der Waals surface area contributed by atoms with Crippen molar-refractivity contribution in [2.45, 2.75) is 6.42 Å². The number of anilines is 1. The topological polar surface area (TPSA) is 138 Å². The Morgan fingerprint density at radius 3 is 2.32 bits per heavy atom. The van der Waals surface area contributed by atoms with Gasteiger partial charge in [0.15, 0.2) is 5.76 Å². The van der Waals surface area contributed by atoms with Crippen molar-refractivity contribution in [1.82, 2.24) is 10.6 Å². The average molecular weight is 482 g/mol. The third-order valence-corrected chi connectivity index (χ3v) is 4.82. The summed E-state index contributed by atoms with van der Waals surface area (Å²) in [6.07, 6.45) is 2.58. The molecule has 3 amide bonds. The Labute approximate surface area is 199 Å². The zero-order valence-electron chi connectivity index (χ0n) is 17.7. The summed E-state index contributed by atoms with van der Waals surface area (Å²) in [6.45, 7) is -0.00176. The second-order valence-corrected chi connectivity index (χ2v) is 7.35. The van der Waals surface area contributed by atoms with Gasteiger partial charge in [0.25, 0.3) is 17.7 Å². The van der Waals surface area contributed by atoms with Crippen molar-refractivity contribution >= 4 is 47.1 Å². The van der Waals surface area contributed by atoms with E-state index >= 15 is 0 Å². The maximum Gasteiger partial charge on any atom is 0.305 e. The van der Waals surface area contributed by atoms with Gasteiger partial charge >= 0.3 is 5.97 Å². The molecule has 1 heterocycles. The summed E-state index contributed by atoms with van der Waals surface area (Å²) in [7, 11) is 0. The van der Waals surface area contributed by atoms with Crippen LogP contribution in [0, 0.1) is 0 Å². The Morgan fingerprint density at radius 1 is 0.941 bits per heavy atom. The Balaban J connectivity index is 1.74. The van der Waals surface area contributed by atoms with Crippen molar-refractivity contribution in [3.8, 4) is 0 Å². The van der Waals surface area contributed by atoms with E-state index in [0.717, 1.165) is 0 Å². The normalized spacial score (nSPS) is 10.9. The van der Waals surface area contributed by atoms with Crippen LogP contribution in [-0.2, 0) is 9.59 Å². The number of benzene rings is 2. The summed E-state index contributed by atoms with van der Waals surface area (Å²) >= 11 is 6.19. The molecule has 2 aromatic carbocycles. The van der Waals surface area contributed by atoms with E-state index in [4.69, 9.17) is 21.1 Å². The van der Waals surface area contributed by atoms with E-state index in [2.05, 4.69) is 16.0 Å². The molecule has 0 bridgehead atoms. The Hall–Kier alpha value is -4.37.